The van der Waals surface area contributed by atoms with Gasteiger partial charge in [-0.3, -0.25) is 4.79 Å². The minimum Gasteiger partial charge on any atom is -0.351 e. The van der Waals surface area contributed by atoms with E-state index in [0.717, 1.165) is 0 Å². The number of nitrogens with one attached hydrogen (secondary N) is 1. The number of sulfone groups is 1. The van der Waals surface area contributed by atoms with Crippen molar-refractivity contribution in [1.82, 2.24) is 5.32 Å². The second-order valence-corrected chi connectivity index (χ2v) is 6.46. The van der Waals surface area contributed by atoms with Crippen molar-refractivity contribution in [3.63, 3.8) is 0 Å². The second kappa shape index (κ2) is 6.49. The molecule has 110 valence electrons. The van der Waals surface area contributed by atoms with Gasteiger partial charge >= 0.3 is 0 Å². The van der Waals surface area contributed by atoms with Gasteiger partial charge in [0.2, 0.25) is 5.91 Å². The van der Waals surface area contributed by atoms with Crippen molar-refractivity contribution < 1.29 is 17.6 Å². The van der Waals surface area contributed by atoms with Gasteiger partial charge in [0.25, 0.3) is 0 Å². The average molecular weight is 307 g/mol. The van der Waals surface area contributed by atoms with E-state index < -0.39 is 21.5 Å². The van der Waals surface area contributed by atoms with Crippen LogP contribution < -0.4 is 5.32 Å². The Hall–Kier alpha value is -2.21. The molecule has 0 bridgehead atoms. The summed E-state index contributed by atoms with van der Waals surface area (Å²) >= 11 is 0. The molecule has 0 aliphatic heterocycles. The molecule has 1 N–H and O–H groups in total. The maximum Gasteiger partial charge on any atom is 0.235 e. The molecule has 0 heterocycles. The number of amides is 1. The van der Waals surface area contributed by atoms with E-state index in [0.29, 0.717) is 5.56 Å². The largest absolute Gasteiger partial charge is 0.351 e. The Morgan fingerprint density at radius 3 is 2.24 bits per heavy atom. The van der Waals surface area contributed by atoms with Gasteiger partial charge in [0.05, 0.1) is 4.90 Å². The first-order valence-electron chi connectivity index (χ1n) is 6.26. The van der Waals surface area contributed by atoms with Gasteiger partial charge < -0.3 is 5.32 Å². The van der Waals surface area contributed by atoms with Crippen molar-refractivity contribution in [1.29, 1.82) is 0 Å². The number of carbonyl (C=O) groups excluding carboxylic acids is 1. The summed E-state index contributed by atoms with van der Waals surface area (Å²) in [5, 5.41) is 2.50. The zero-order chi connectivity index (χ0) is 15.3. The molecule has 21 heavy (non-hydrogen) atoms. The average Bonchev–Trinajstić information content (AvgIpc) is 2.47. The van der Waals surface area contributed by atoms with Crippen LogP contribution in [0, 0.1) is 5.82 Å². The maximum absolute atomic E-state index is 12.7. The fraction of sp³-hybridized carbons (Fsp3) is 0.133. The number of hydrogen-bond acceptors (Lipinski definition) is 3. The normalized spacial score (nSPS) is 11.1. The summed E-state index contributed by atoms with van der Waals surface area (Å²) in [6.45, 7) is 0.156. The third-order valence-corrected chi connectivity index (χ3v) is 4.46. The maximum atomic E-state index is 12.7. The molecule has 0 fully saturated rings. The van der Waals surface area contributed by atoms with Gasteiger partial charge in [-0.1, -0.05) is 30.3 Å². The highest BCUT2D eigenvalue weighted by atomic mass is 32.2. The molecule has 0 saturated carbocycles. The molecular weight excluding hydrogens is 293 g/mol. The molecule has 1 amide bonds. The van der Waals surface area contributed by atoms with Crippen molar-refractivity contribution in [2.24, 2.45) is 0 Å². The number of rotatable bonds is 5. The SMILES string of the molecule is O=C(CS(=O)(=O)c1ccccc1)NCc1ccc(F)cc1. The molecular formula is C15H14FNO3S. The number of halogens is 1. The molecule has 4 nitrogen and oxygen atoms in total. The summed E-state index contributed by atoms with van der Waals surface area (Å²) in [6.07, 6.45) is 0. The summed E-state index contributed by atoms with van der Waals surface area (Å²) < 4.78 is 36.7. The van der Waals surface area contributed by atoms with Crippen LogP contribution in [0.15, 0.2) is 59.5 Å². The Bertz CT molecular complexity index is 712. The van der Waals surface area contributed by atoms with E-state index in [4.69, 9.17) is 0 Å². The van der Waals surface area contributed by atoms with Crippen LogP contribution in [0.1, 0.15) is 5.56 Å². The summed E-state index contributed by atoms with van der Waals surface area (Å²) in [5.41, 5.74) is 0.696. The van der Waals surface area contributed by atoms with Crippen LogP contribution in [0.25, 0.3) is 0 Å². The van der Waals surface area contributed by atoms with Gasteiger partial charge in [0.1, 0.15) is 11.6 Å². The lowest BCUT2D eigenvalue weighted by atomic mass is 10.2. The van der Waals surface area contributed by atoms with Crippen molar-refractivity contribution in [3.05, 3.63) is 66.0 Å². The Balaban J connectivity index is 1.94. The Morgan fingerprint density at radius 1 is 1.00 bits per heavy atom. The highest BCUT2D eigenvalue weighted by Crippen LogP contribution is 2.10. The molecule has 0 aliphatic carbocycles. The van der Waals surface area contributed by atoms with E-state index >= 15 is 0 Å². The van der Waals surface area contributed by atoms with Crippen LogP contribution >= 0.6 is 0 Å². The summed E-state index contributed by atoms with van der Waals surface area (Å²) in [4.78, 5) is 11.8. The lowest BCUT2D eigenvalue weighted by molar-refractivity contribution is -0.118. The predicted octanol–water partition coefficient (Wildman–Crippen LogP) is 1.92. The van der Waals surface area contributed by atoms with Gasteiger partial charge in [0, 0.05) is 6.54 Å². The molecule has 0 saturated heterocycles. The highest BCUT2D eigenvalue weighted by molar-refractivity contribution is 7.92. The first-order chi connectivity index (χ1) is 9.97. The standard InChI is InChI=1S/C15H14FNO3S/c16-13-8-6-12(7-9-13)10-17-15(18)11-21(19,20)14-4-2-1-3-5-14/h1-9H,10-11H2,(H,17,18). The lowest BCUT2D eigenvalue weighted by Crippen LogP contribution is -2.29. The lowest BCUT2D eigenvalue weighted by Gasteiger charge is -2.06. The number of carbonyl (C=O) groups is 1. The van der Waals surface area contributed by atoms with E-state index in [-0.39, 0.29) is 17.3 Å². The first-order valence-corrected chi connectivity index (χ1v) is 7.91. The fourth-order valence-electron chi connectivity index (χ4n) is 1.74. The van der Waals surface area contributed by atoms with E-state index in [2.05, 4.69) is 5.32 Å². The van der Waals surface area contributed by atoms with Crippen molar-refractivity contribution in [3.8, 4) is 0 Å². The van der Waals surface area contributed by atoms with Gasteiger partial charge in [-0.25, -0.2) is 12.8 Å². The van der Waals surface area contributed by atoms with E-state index in [1.807, 2.05) is 0 Å². The summed E-state index contributed by atoms with van der Waals surface area (Å²) in [7, 11) is -3.64. The van der Waals surface area contributed by atoms with Gasteiger partial charge in [-0.15, -0.1) is 0 Å². The molecule has 2 aromatic carbocycles. The highest BCUT2D eigenvalue weighted by Gasteiger charge is 2.18. The topological polar surface area (TPSA) is 63.2 Å². The predicted molar refractivity (Wildman–Crippen MR) is 76.7 cm³/mol. The molecule has 6 heteroatoms. The smallest absolute Gasteiger partial charge is 0.235 e. The first kappa shape index (κ1) is 15.2. The number of benzene rings is 2. The summed E-state index contributed by atoms with van der Waals surface area (Å²) in [6, 6.07) is 13.4. The molecule has 0 unspecified atom stereocenters. The summed E-state index contributed by atoms with van der Waals surface area (Å²) in [5.74, 6) is -1.57. The Labute approximate surface area is 122 Å². The Morgan fingerprint density at radius 2 is 1.62 bits per heavy atom. The van der Waals surface area contributed by atoms with E-state index in [1.165, 1.54) is 36.4 Å². The van der Waals surface area contributed by atoms with E-state index in [1.54, 1.807) is 18.2 Å². The quantitative estimate of drug-likeness (QED) is 0.918. The Kier molecular flexibility index (Phi) is 4.70. The van der Waals surface area contributed by atoms with Crippen LogP contribution in [0.5, 0.6) is 0 Å². The van der Waals surface area contributed by atoms with E-state index in [9.17, 15) is 17.6 Å². The third-order valence-electron chi connectivity index (χ3n) is 2.83. The molecule has 0 radical (unpaired) electrons. The van der Waals surface area contributed by atoms with Crippen molar-refractivity contribution in [2.75, 3.05) is 5.75 Å². The second-order valence-electron chi connectivity index (χ2n) is 4.48. The monoisotopic (exact) mass is 307 g/mol. The molecule has 0 atom stereocenters. The number of hydrogen-bond donors (Lipinski definition) is 1. The molecule has 0 aromatic heterocycles. The van der Waals surface area contributed by atoms with Crippen LogP contribution in [0.4, 0.5) is 4.39 Å². The minimum absolute atomic E-state index is 0.113. The molecule has 2 rings (SSSR count). The molecule has 2 aromatic rings. The molecule has 0 aliphatic rings. The van der Waals surface area contributed by atoms with Crippen LogP contribution in [0.2, 0.25) is 0 Å². The van der Waals surface area contributed by atoms with Crippen LogP contribution in [-0.2, 0) is 21.2 Å². The third kappa shape index (κ3) is 4.39. The van der Waals surface area contributed by atoms with Gasteiger partial charge in [0.15, 0.2) is 9.84 Å². The fourth-order valence-corrected chi connectivity index (χ4v) is 2.92. The zero-order valence-electron chi connectivity index (χ0n) is 11.1. The molecule has 0 spiro atoms. The van der Waals surface area contributed by atoms with Crippen LogP contribution in [-0.4, -0.2) is 20.1 Å². The van der Waals surface area contributed by atoms with Crippen molar-refractivity contribution >= 4 is 15.7 Å². The zero-order valence-corrected chi connectivity index (χ0v) is 11.9. The minimum atomic E-state index is -3.64. The van der Waals surface area contributed by atoms with Crippen molar-refractivity contribution in [2.45, 2.75) is 11.4 Å². The van der Waals surface area contributed by atoms with Gasteiger partial charge in [-0.2, -0.15) is 0 Å². The van der Waals surface area contributed by atoms with Crippen LogP contribution in [0.3, 0.4) is 0 Å². The van der Waals surface area contributed by atoms with Gasteiger partial charge in [-0.05, 0) is 29.8 Å².